The predicted molar refractivity (Wildman–Crippen MR) is 113 cm³/mol. The lowest BCUT2D eigenvalue weighted by atomic mass is 10.1. The summed E-state index contributed by atoms with van der Waals surface area (Å²) >= 11 is 0. The summed E-state index contributed by atoms with van der Waals surface area (Å²) in [5.74, 6) is -0.375. The SMILES string of the molecule is CCN(CC)c1ccc(NC(=O)CN(C(C)=O)c2ccccc2C)c(C)c1. The zero-order valence-corrected chi connectivity index (χ0v) is 16.9. The van der Waals surface area contributed by atoms with Gasteiger partial charge in [0.05, 0.1) is 0 Å². The van der Waals surface area contributed by atoms with Gasteiger partial charge in [-0.05, 0) is 63.1 Å². The molecule has 144 valence electrons. The van der Waals surface area contributed by atoms with Crippen molar-refractivity contribution < 1.29 is 9.59 Å². The minimum Gasteiger partial charge on any atom is -0.372 e. The van der Waals surface area contributed by atoms with Gasteiger partial charge in [-0.1, -0.05) is 18.2 Å². The van der Waals surface area contributed by atoms with Crippen LogP contribution in [0.3, 0.4) is 0 Å². The van der Waals surface area contributed by atoms with Gasteiger partial charge in [-0.3, -0.25) is 9.59 Å². The Hall–Kier alpha value is -2.82. The minimum absolute atomic E-state index is 0.0164. The summed E-state index contributed by atoms with van der Waals surface area (Å²) in [6.07, 6.45) is 0. The van der Waals surface area contributed by atoms with Crippen LogP contribution in [0.25, 0.3) is 0 Å². The molecule has 2 aromatic carbocycles. The largest absolute Gasteiger partial charge is 0.372 e. The summed E-state index contributed by atoms with van der Waals surface area (Å²) in [6.45, 7) is 11.5. The van der Waals surface area contributed by atoms with Gasteiger partial charge in [-0.25, -0.2) is 0 Å². The molecular weight excluding hydrogens is 338 g/mol. The smallest absolute Gasteiger partial charge is 0.244 e. The van der Waals surface area contributed by atoms with Crippen molar-refractivity contribution in [1.29, 1.82) is 0 Å². The second-order valence-corrected chi connectivity index (χ2v) is 6.61. The maximum Gasteiger partial charge on any atom is 0.244 e. The van der Waals surface area contributed by atoms with E-state index in [1.165, 1.54) is 11.8 Å². The van der Waals surface area contributed by atoms with Crippen molar-refractivity contribution in [3.63, 3.8) is 0 Å². The van der Waals surface area contributed by atoms with Gasteiger partial charge in [0, 0.05) is 37.1 Å². The predicted octanol–water partition coefficient (Wildman–Crippen LogP) is 4.14. The first-order valence-electron chi connectivity index (χ1n) is 9.36. The zero-order valence-electron chi connectivity index (χ0n) is 16.9. The van der Waals surface area contributed by atoms with E-state index in [0.29, 0.717) is 0 Å². The van der Waals surface area contributed by atoms with E-state index in [-0.39, 0.29) is 18.4 Å². The Balaban J connectivity index is 2.14. The lowest BCUT2D eigenvalue weighted by Crippen LogP contribution is -2.37. The number of hydrogen-bond acceptors (Lipinski definition) is 3. The number of nitrogens with zero attached hydrogens (tertiary/aromatic N) is 2. The third-order valence-corrected chi connectivity index (χ3v) is 4.70. The number of hydrogen-bond donors (Lipinski definition) is 1. The lowest BCUT2D eigenvalue weighted by molar-refractivity contribution is -0.120. The Bertz CT molecular complexity index is 813. The molecule has 0 fully saturated rings. The van der Waals surface area contributed by atoms with Gasteiger partial charge in [0.15, 0.2) is 0 Å². The standard InChI is InChI=1S/C22H29N3O2/c1-6-24(7-2)19-12-13-20(17(4)14-19)23-22(27)15-25(18(5)26)21-11-9-8-10-16(21)3/h8-14H,6-7,15H2,1-5H3,(H,23,27). The molecule has 1 N–H and O–H groups in total. The van der Waals surface area contributed by atoms with Crippen LogP contribution in [0.2, 0.25) is 0 Å². The summed E-state index contributed by atoms with van der Waals surface area (Å²) in [6, 6.07) is 13.6. The van der Waals surface area contributed by atoms with Crippen molar-refractivity contribution in [3.8, 4) is 0 Å². The van der Waals surface area contributed by atoms with Crippen LogP contribution in [0, 0.1) is 13.8 Å². The number of rotatable bonds is 7. The van der Waals surface area contributed by atoms with Crippen LogP contribution in [0.5, 0.6) is 0 Å². The van der Waals surface area contributed by atoms with Crippen molar-refractivity contribution in [3.05, 3.63) is 53.6 Å². The Morgan fingerprint density at radius 2 is 1.63 bits per heavy atom. The third-order valence-electron chi connectivity index (χ3n) is 4.70. The molecule has 2 rings (SSSR count). The molecular formula is C22H29N3O2. The van der Waals surface area contributed by atoms with E-state index in [4.69, 9.17) is 0 Å². The molecule has 0 aliphatic rings. The quantitative estimate of drug-likeness (QED) is 0.800. The Morgan fingerprint density at radius 1 is 0.963 bits per heavy atom. The van der Waals surface area contributed by atoms with Crippen LogP contribution in [0.15, 0.2) is 42.5 Å². The van der Waals surface area contributed by atoms with Crippen molar-refractivity contribution in [2.75, 3.05) is 34.8 Å². The Labute approximate surface area is 162 Å². The molecule has 0 bridgehead atoms. The molecule has 5 nitrogen and oxygen atoms in total. The molecule has 0 radical (unpaired) electrons. The fraction of sp³-hybridized carbons (Fsp3) is 0.364. The molecule has 27 heavy (non-hydrogen) atoms. The number of carbonyl (C=O) groups excluding carboxylic acids is 2. The van der Waals surface area contributed by atoms with E-state index in [1.807, 2.05) is 50.2 Å². The monoisotopic (exact) mass is 367 g/mol. The Kier molecular flexibility index (Phi) is 6.99. The molecule has 0 atom stereocenters. The third kappa shape index (κ3) is 5.09. The van der Waals surface area contributed by atoms with Crippen molar-refractivity contribution in [2.45, 2.75) is 34.6 Å². The maximum atomic E-state index is 12.6. The van der Waals surface area contributed by atoms with Crippen LogP contribution in [-0.4, -0.2) is 31.4 Å². The molecule has 5 heteroatoms. The van der Waals surface area contributed by atoms with E-state index < -0.39 is 0 Å². The van der Waals surface area contributed by atoms with Gasteiger partial charge >= 0.3 is 0 Å². The van der Waals surface area contributed by atoms with Crippen LogP contribution < -0.4 is 15.1 Å². The highest BCUT2D eigenvalue weighted by Gasteiger charge is 2.18. The molecule has 0 saturated carbocycles. The molecule has 0 unspecified atom stereocenters. The zero-order chi connectivity index (χ0) is 20.0. The number of anilines is 3. The number of nitrogens with one attached hydrogen (secondary N) is 1. The van der Waals surface area contributed by atoms with E-state index in [0.717, 1.165) is 41.3 Å². The van der Waals surface area contributed by atoms with Crippen LogP contribution in [0.1, 0.15) is 31.9 Å². The highest BCUT2D eigenvalue weighted by molar-refractivity contribution is 6.02. The fourth-order valence-corrected chi connectivity index (χ4v) is 3.14. The number of carbonyl (C=O) groups is 2. The van der Waals surface area contributed by atoms with E-state index in [2.05, 4.69) is 30.1 Å². The minimum atomic E-state index is -0.216. The lowest BCUT2D eigenvalue weighted by Gasteiger charge is -2.24. The molecule has 0 aliphatic carbocycles. The van der Waals surface area contributed by atoms with E-state index in [1.54, 1.807) is 0 Å². The van der Waals surface area contributed by atoms with Gasteiger partial charge in [0.25, 0.3) is 0 Å². The first kappa shape index (κ1) is 20.5. The summed E-state index contributed by atoms with van der Waals surface area (Å²) in [4.78, 5) is 28.4. The second kappa shape index (κ2) is 9.21. The van der Waals surface area contributed by atoms with Crippen molar-refractivity contribution in [2.24, 2.45) is 0 Å². The number of aryl methyl sites for hydroxylation is 2. The average molecular weight is 367 g/mol. The van der Waals surface area contributed by atoms with E-state index in [9.17, 15) is 9.59 Å². The Morgan fingerprint density at radius 3 is 2.19 bits per heavy atom. The van der Waals surface area contributed by atoms with E-state index >= 15 is 0 Å². The van der Waals surface area contributed by atoms with Gasteiger partial charge in [-0.2, -0.15) is 0 Å². The second-order valence-electron chi connectivity index (χ2n) is 6.61. The summed E-state index contributed by atoms with van der Waals surface area (Å²) in [5, 5.41) is 2.94. The summed E-state index contributed by atoms with van der Waals surface area (Å²) in [7, 11) is 0. The number of amides is 2. The number of para-hydroxylation sites is 1. The van der Waals surface area contributed by atoms with Crippen molar-refractivity contribution in [1.82, 2.24) is 0 Å². The van der Waals surface area contributed by atoms with Crippen LogP contribution in [0.4, 0.5) is 17.1 Å². The van der Waals surface area contributed by atoms with Crippen LogP contribution in [-0.2, 0) is 9.59 Å². The highest BCUT2D eigenvalue weighted by Crippen LogP contribution is 2.23. The molecule has 0 aliphatic heterocycles. The molecule has 0 spiro atoms. The van der Waals surface area contributed by atoms with Crippen molar-refractivity contribution >= 4 is 28.9 Å². The van der Waals surface area contributed by atoms with Gasteiger partial charge in [-0.15, -0.1) is 0 Å². The van der Waals surface area contributed by atoms with Gasteiger partial charge < -0.3 is 15.1 Å². The fourth-order valence-electron chi connectivity index (χ4n) is 3.14. The number of benzene rings is 2. The highest BCUT2D eigenvalue weighted by atomic mass is 16.2. The normalized spacial score (nSPS) is 10.4. The van der Waals surface area contributed by atoms with Crippen LogP contribution >= 0.6 is 0 Å². The molecule has 0 saturated heterocycles. The first-order chi connectivity index (χ1) is 12.9. The van der Waals surface area contributed by atoms with Gasteiger partial charge in [0.1, 0.15) is 6.54 Å². The molecule has 0 heterocycles. The molecule has 0 aromatic heterocycles. The summed E-state index contributed by atoms with van der Waals surface area (Å²) in [5.41, 5.74) is 4.62. The first-order valence-corrected chi connectivity index (χ1v) is 9.36. The summed E-state index contributed by atoms with van der Waals surface area (Å²) < 4.78 is 0. The molecule has 2 aromatic rings. The maximum absolute atomic E-state index is 12.6. The topological polar surface area (TPSA) is 52.7 Å². The average Bonchev–Trinajstić information content (AvgIpc) is 2.63. The van der Waals surface area contributed by atoms with Gasteiger partial charge in [0.2, 0.25) is 11.8 Å². The molecule has 2 amide bonds.